The molecule has 590 valence electrons. The number of aliphatic hydroxyl groups is 1. The van der Waals surface area contributed by atoms with E-state index in [1.165, 1.54) is 180 Å². The van der Waals surface area contributed by atoms with E-state index in [0.29, 0.717) is 31.6 Å². The van der Waals surface area contributed by atoms with Crippen LogP contribution >= 0.6 is 15.6 Å². The number of esters is 4. The summed E-state index contributed by atoms with van der Waals surface area (Å²) < 4.78 is 68.7. The van der Waals surface area contributed by atoms with Crippen LogP contribution in [0.15, 0.2) is 24.3 Å². The molecule has 0 aromatic rings. The molecule has 17 nitrogen and oxygen atoms in total. The minimum atomic E-state index is -4.97. The highest BCUT2D eigenvalue weighted by molar-refractivity contribution is 7.47. The summed E-state index contributed by atoms with van der Waals surface area (Å²) in [5.74, 6) is 0.153. The molecule has 19 heteroatoms. The molecule has 100 heavy (non-hydrogen) atoms. The number of unbranched alkanes of at least 4 members (excludes halogenated alkanes) is 42. The zero-order chi connectivity index (χ0) is 73.7. The van der Waals surface area contributed by atoms with Gasteiger partial charge in [0.15, 0.2) is 12.2 Å². The summed E-state index contributed by atoms with van der Waals surface area (Å²) in [6.07, 6.45) is 61.9. The van der Waals surface area contributed by atoms with Crippen LogP contribution in [0.5, 0.6) is 0 Å². The van der Waals surface area contributed by atoms with Crippen LogP contribution in [0.4, 0.5) is 0 Å². The molecule has 0 saturated heterocycles. The Hall–Kier alpha value is -2.46. The van der Waals surface area contributed by atoms with Crippen LogP contribution in [0.25, 0.3) is 0 Å². The highest BCUT2D eigenvalue weighted by atomic mass is 31.2. The van der Waals surface area contributed by atoms with E-state index >= 15 is 0 Å². The van der Waals surface area contributed by atoms with E-state index in [4.69, 9.17) is 37.0 Å². The monoisotopic (exact) mass is 1460 g/mol. The van der Waals surface area contributed by atoms with Crippen molar-refractivity contribution in [1.29, 1.82) is 0 Å². The Bertz CT molecular complexity index is 2030. The summed E-state index contributed by atoms with van der Waals surface area (Å²) in [5.41, 5.74) is 0. The lowest BCUT2D eigenvalue weighted by atomic mass is 10.0. The predicted octanol–water partition coefficient (Wildman–Crippen LogP) is 23.7. The zero-order valence-corrected chi connectivity index (χ0v) is 66.9. The molecule has 0 aromatic carbocycles. The molecule has 0 rings (SSSR count). The lowest BCUT2D eigenvalue weighted by molar-refractivity contribution is -0.161. The van der Waals surface area contributed by atoms with E-state index in [1.807, 2.05) is 0 Å². The van der Waals surface area contributed by atoms with Gasteiger partial charge in [0.2, 0.25) is 0 Å². The van der Waals surface area contributed by atoms with Gasteiger partial charge in [0.1, 0.15) is 19.3 Å². The quantitative estimate of drug-likeness (QED) is 0.0169. The number of allylic oxidation sites excluding steroid dienone is 4. The topological polar surface area (TPSA) is 237 Å². The maximum Gasteiger partial charge on any atom is 0.472 e. The van der Waals surface area contributed by atoms with Crippen LogP contribution < -0.4 is 0 Å². The number of phosphoric ester groups is 2. The number of carbonyl (C=O) groups is 4. The molecule has 3 unspecified atom stereocenters. The first-order chi connectivity index (χ1) is 48.2. The molecule has 5 atom stereocenters. The Kier molecular flexibility index (Phi) is 69.1. The average Bonchev–Trinajstić information content (AvgIpc) is 0.914. The largest absolute Gasteiger partial charge is 0.472 e. The SMILES string of the molecule is CCCCCC/C=C\C=C/CCCCCCCC(=O)OC[C@H](COP(=O)(O)OCC(O)COP(=O)(O)OC[C@@H](COC(=O)CCCCCCCCCC(C)C)OC(=O)CCCCCCCCCCCCCCCCCCC(C)C)OC(=O)CCCCCCCCCCCCCCCC(C)C. The third-order valence-electron chi connectivity index (χ3n) is 18.3. The second-order valence-electron chi connectivity index (χ2n) is 29.9. The van der Waals surface area contributed by atoms with Crippen molar-refractivity contribution in [2.45, 2.75) is 414 Å². The highest BCUT2D eigenvalue weighted by Gasteiger charge is 2.30. The van der Waals surface area contributed by atoms with Crippen LogP contribution in [0.1, 0.15) is 395 Å². The molecule has 3 N–H and O–H groups in total. The molecular weight excluding hydrogens is 1310 g/mol. The summed E-state index contributed by atoms with van der Waals surface area (Å²) in [7, 11) is -9.93. The van der Waals surface area contributed by atoms with Crippen molar-refractivity contribution in [3.8, 4) is 0 Å². The van der Waals surface area contributed by atoms with E-state index in [0.717, 1.165) is 127 Å². The Morgan fingerprint density at radius 3 is 0.810 bits per heavy atom. The molecule has 0 aromatic heterocycles. The Balaban J connectivity index is 5.26. The fraction of sp³-hybridized carbons (Fsp3) is 0.901. The molecule has 0 bridgehead atoms. The molecule has 0 aliphatic rings. The molecule has 0 aliphatic heterocycles. The van der Waals surface area contributed by atoms with E-state index < -0.39 is 97.5 Å². The van der Waals surface area contributed by atoms with Crippen LogP contribution in [0.2, 0.25) is 0 Å². The van der Waals surface area contributed by atoms with Gasteiger partial charge in [-0.25, -0.2) is 9.13 Å². The van der Waals surface area contributed by atoms with E-state index in [9.17, 15) is 43.2 Å². The summed E-state index contributed by atoms with van der Waals surface area (Å²) in [4.78, 5) is 73.0. The van der Waals surface area contributed by atoms with Crippen molar-refractivity contribution in [2.24, 2.45) is 17.8 Å². The van der Waals surface area contributed by atoms with Crippen molar-refractivity contribution in [2.75, 3.05) is 39.6 Å². The summed E-state index contributed by atoms with van der Waals surface area (Å²) in [6, 6.07) is 0. The van der Waals surface area contributed by atoms with Crippen molar-refractivity contribution in [1.82, 2.24) is 0 Å². The smallest absolute Gasteiger partial charge is 0.462 e. The number of hydrogen-bond acceptors (Lipinski definition) is 15. The number of aliphatic hydroxyl groups excluding tert-OH is 1. The second-order valence-corrected chi connectivity index (χ2v) is 32.8. The molecule has 0 fully saturated rings. The number of hydrogen-bond donors (Lipinski definition) is 3. The second kappa shape index (κ2) is 70.8. The van der Waals surface area contributed by atoms with Crippen molar-refractivity contribution >= 4 is 39.5 Å². The fourth-order valence-corrected chi connectivity index (χ4v) is 13.5. The van der Waals surface area contributed by atoms with Gasteiger partial charge in [0.05, 0.1) is 26.4 Å². The first-order valence-electron chi connectivity index (χ1n) is 41.2. The number of phosphoric acid groups is 2. The van der Waals surface area contributed by atoms with Crippen molar-refractivity contribution < 1.29 is 80.2 Å². The number of rotatable bonds is 77. The lowest BCUT2D eigenvalue weighted by Crippen LogP contribution is -2.30. The molecular formula is C81H154O17P2. The van der Waals surface area contributed by atoms with Gasteiger partial charge >= 0.3 is 39.5 Å². The van der Waals surface area contributed by atoms with Gasteiger partial charge in [0, 0.05) is 25.7 Å². The number of carbonyl (C=O) groups excluding carboxylic acids is 4. The number of ether oxygens (including phenoxy) is 4. The van der Waals surface area contributed by atoms with Gasteiger partial charge in [-0.15, -0.1) is 0 Å². The standard InChI is InChI=1S/C81H154O17P2/c1-8-9-10-11-12-13-14-15-18-24-29-34-41-48-55-62-78(83)91-68-76(97-80(85)65-58-51-43-36-31-26-21-23-28-33-39-46-53-60-73(4)5)70-95-99(87,88)93-66-75(82)67-94-100(89,90)96-71-77(69-92-79(84)63-56-49-44-37-40-47-54-61-74(6)7)98-81(86)64-57-50-42-35-30-25-20-17-16-19-22-27-32-38-45-52-59-72(2)3/h13-15,18,72-77,82H,8-12,16-17,19-71H2,1-7H3,(H,87,88)(H,89,90)/b14-13-,18-15-/t75?,76-,77-/m1/s1. The lowest BCUT2D eigenvalue weighted by Gasteiger charge is -2.21. The van der Waals surface area contributed by atoms with Gasteiger partial charge in [-0.3, -0.25) is 37.3 Å². The molecule has 0 heterocycles. The Morgan fingerprint density at radius 1 is 0.310 bits per heavy atom. The zero-order valence-electron chi connectivity index (χ0n) is 65.2. The van der Waals surface area contributed by atoms with E-state index in [1.54, 1.807) is 0 Å². The Labute approximate surface area is 612 Å². The van der Waals surface area contributed by atoms with Gasteiger partial charge in [-0.05, 0) is 69.1 Å². The third-order valence-corrected chi connectivity index (χ3v) is 20.2. The minimum absolute atomic E-state index is 0.100. The summed E-state index contributed by atoms with van der Waals surface area (Å²) in [5, 5.41) is 10.6. The van der Waals surface area contributed by atoms with E-state index in [2.05, 4.69) is 72.8 Å². The molecule has 0 amide bonds. The fourth-order valence-electron chi connectivity index (χ4n) is 11.9. The normalized spacial score (nSPS) is 14.1. The minimum Gasteiger partial charge on any atom is -0.462 e. The van der Waals surface area contributed by atoms with Crippen molar-refractivity contribution in [3.63, 3.8) is 0 Å². The summed E-state index contributed by atoms with van der Waals surface area (Å²) >= 11 is 0. The molecule has 0 spiro atoms. The van der Waals surface area contributed by atoms with E-state index in [-0.39, 0.29) is 25.7 Å². The highest BCUT2D eigenvalue weighted by Crippen LogP contribution is 2.45. The van der Waals surface area contributed by atoms with Crippen LogP contribution in [-0.4, -0.2) is 96.7 Å². The van der Waals surface area contributed by atoms with Gasteiger partial charge < -0.3 is 33.8 Å². The average molecular weight is 1460 g/mol. The molecule has 0 saturated carbocycles. The van der Waals surface area contributed by atoms with Crippen LogP contribution in [0, 0.1) is 17.8 Å². The Morgan fingerprint density at radius 2 is 0.540 bits per heavy atom. The summed E-state index contributed by atoms with van der Waals surface area (Å²) in [6.45, 7) is 11.9. The van der Waals surface area contributed by atoms with Gasteiger partial charge in [-0.2, -0.15) is 0 Å². The first kappa shape index (κ1) is 97.5. The molecule has 0 aliphatic carbocycles. The maximum absolute atomic E-state index is 13.1. The van der Waals surface area contributed by atoms with Gasteiger partial charge in [-0.1, -0.05) is 342 Å². The van der Waals surface area contributed by atoms with Crippen molar-refractivity contribution in [3.05, 3.63) is 24.3 Å². The van der Waals surface area contributed by atoms with Crippen LogP contribution in [0.3, 0.4) is 0 Å². The predicted molar refractivity (Wildman–Crippen MR) is 409 cm³/mol. The van der Waals surface area contributed by atoms with Crippen LogP contribution in [-0.2, 0) is 65.4 Å². The first-order valence-corrected chi connectivity index (χ1v) is 44.2. The molecule has 0 radical (unpaired) electrons. The van der Waals surface area contributed by atoms with Gasteiger partial charge in [0.25, 0.3) is 0 Å². The third kappa shape index (κ3) is 73.8. The maximum atomic E-state index is 13.1.